The third kappa shape index (κ3) is 3.97. The number of aliphatic carboxylic acids is 1. The first-order valence-corrected chi connectivity index (χ1v) is 6.16. The SMILES string of the molecule is Cc1ccc(/C=C/C(=O)O)cc1NC(=O)c1ccnnc1. The minimum atomic E-state index is -1.02. The van der Waals surface area contributed by atoms with Crippen molar-refractivity contribution in [1.82, 2.24) is 10.2 Å². The maximum absolute atomic E-state index is 12.1. The first-order chi connectivity index (χ1) is 10.1. The fourth-order valence-electron chi connectivity index (χ4n) is 1.66. The van der Waals surface area contributed by atoms with Gasteiger partial charge < -0.3 is 10.4 Å². The van der Waals surface area contributed by atoms with Gasteiger partial charge in [0.05, 0.1) is 18.0 Å². The number of carbonyl (C=O) groups excluding carboxylic acids is 1. The Morgan fingerprint density at radius 2 is 2.05 bits per heavy atom. The van der Waals surface area contributed by atoms with E-state index in [1.165, 1.54) is 18.5 Å². The van der Waals surface area contributed by atoms with Crippen LogP contribution in [0.2, 0.25) is 0 Å². The van der Waals surface area contributed by atoms with E-state index in [4.69, 9.17) is 5.11 Å². The van der Waals surface area contributed by atoms with Crippen molar-refractivity contribution in [3.63, 3.8) is 0 Å². The second kappa shape index (κ2) is 6.42. The van der Waals surface area contributed by atoms with Crippen LogP contribution in [-0.4, -0.2) is 27.2 Å². The Hall–Kier alpha value is -3.02. The summed E-state index contributed by atoms with van der Waals surface area (Å²) in [6.07, 6.45) is 5.32. The molecule has 0 aliphatic rings. The summed E-state index contributed by atoms with van der Waals surface area (Å²) >= 11 is 0. The lowest BCUT2D eigenvalue weighted by atomic mass is 10.1. The van der Waals surface area contributed by atoms with Gasteiger partial charge in [0, 0.05) is 11.8 Å². The number of rotatable bonds is 4. The van der Waals surface area contributed by atoms with Gasteiger partial charge in [-0.25, -0.2) is 4.79 Å². The molecule has 2 rings (SSSR count). The maximum Gasteiger partial charge on any atom is 0.328 e. The Morgan fingerprint density at radius 3 is 2.71 bits per heavy atom. The summed E-state index contributed by atoms with van der Waals surface area (Å²) in [6.45, 7) is 1.85. The van der Waals surface area contributed by atoms with E-state index in [1.807, 2.05) is 13.0 Å². The van der Waals surface area contributed by atoms with Gasteiger partial charge in [0.15, 0.2) is 0 Å². The van der Waals surface area contributed by atoms with Crippen LogP contribution in [0.25, 0.3) is 6.08 Å². The molecule has 0 saturated heterocycles. The van der Waals surface area contributed by atoms with E-state index in [2.05, 4.69) is 15.5 Å². The van der Waals surface area contributed by atoms with Crippen molar-refractivity contribution >= 4 is 23.6 Å². The average Bonchev–Trinajstić information content (AvgIpc) is 2.48. The van der Waals surface area contributed by atoms with E-state index < -0.39 is 5.97 Å². The van der Waals surface area contributed by atoms with Crippen LogP contribution >= 0.6 is 0 Å². The third-order valence-electron chi connectivity index (χ3n) is 2.77. The molecule has 6 nitrogen and oxygen atoms in total. The molecule has 0 aliphatic carbocycles. The highest BCUT2D eigenvalue weighted by atomic mass is 16.4. The standard InChI is InChI=1S/C15H13N3O3/c1-10-2-3-11(4-5-14(19)20)8-13(10)18-15(21)12-6-7-16-17-9-12/h2-9H,1H3,(H,18,21)(H,19,20)/b5-4+. The molecule has 2 N–H and O–H groups in total. The van der Waals surface area contributed by atoms with Crippen LogP contribution in [0.4, 0.5) is 5.69 Å². The summed E-state index contributed by atoms with van der Waals surface area (Å²) in [7, 11) is 0. The van der Waals surface area contributed by atoms with Gasteiger partial charge in [-0.3, -0.25) is 4.79 Å². The number of carboxylic acids is 1. The number of aryl methyl sites for hydroxylation is 1. The predicted molar refractivity (Wildman–Crippen MR) is 77.8 cm³/mol. The van der Waals surface area contributed by atoms with Crippen molar-refractivity contribution in [3.8, 4) is 0 Å². The number of carbonyl (C=O) groups is 2. The predicted octanol–water partition coefficient (Wildman–Crippen LogP) is 2.14. The van der Waals surface area contributed by atoms with Crippen LogP contribution in [-0.2, 0) is 4.79 Å². The zero-order valence-corrected chi connectivity index (χ0v) is 11.3. The number of amides is 1. The molecule has 0 radical (unpaired) electrons. The molecule has 6 heteroatoms. The largest absolute Gasteiger partial charge is 0.478 e. The highest BCUT2D eigenvalue weighted by molar-refractivity contribution is 6.04. The number of nitrogens with zero attached hydrogens (tertiary/aromatic N) is 2. The van der Waals surface area contributed by atoms with E-state index in [0.717, 1.165) is 11.6 Å². The summed E-state index contributed by atoms with van der Waals surface area (Å²) in [5.41, 5.74) is 2.57. The Bertz CT molecular complexity index is 697. The van der Waals surface area contributed by atoms with Crippen LogP contribution < -0.4 is 5.32 Å². The molecule has 0 saturated carbocycles. The van der Waals surface area contributed by atoms with Gasteiger partial charge in [0.1, 0.15) is 0 Å². The first kappa shape index (κ1) is 14.4. The molecule has 106 valence electrons. The van der Waals surface area contributed by atoms with E-state index >= 15 is 0 Å². The molecule has 21 heavy (non-hydrogen) atoms. The van der Waals surface area contributed by atoms with Gasteiger partial charge in [-0.2, -0.15) is 10.2 Å². The molecule has 2 aromatic rings. The summed E-state index contributed by atoms with van der Waals surface area (Å²) in [5.74, 6) is -1.32. The monoisotopic (exact) mass is 283 g/mol. The summed E-state index contributed by atoms with van der Waals surface area (Å²) < 4.78 is 0. The third-order valence-corrected chi connectivity index (χ3v) is 2.77. The minimum Gasteiger partial charge on any atom is -0.478 e. The molecular weight excluding hydrogens is 270 g/mol. The molecule has 0 bridgehead atoms. The second-order valence-electron chi connectivity index (χ2n) is 4.33. The molecule has 0 atom stereocenters. The van der Waals surface area contributed by atoms with Crippen molar-refractivity contribution in [2.24, 2.45) is 0 Å². The molecule has 1 heterocycles. The number of hydrogen-bond acceptors (Lipinski definition) is 4. The normalized spacial score (nSPS) is 10.5. The van der Waals surface area contributed by atoms with Crippen LogP contribution in [0.1, 0.15) is 21.5 Å². The van der Waals surface area contributed by atoms with Crippen molar-refractivity contribution in [2.75, 3.05) is 5.32 Å². The van der Waals surface area contributed by atoms with Crippen molar-refractivity contribution in [2.45, 2.75) is 6.92 Å². The highest BCUT2D eigenvalue weighted by Gasteiger charge is 2.08. The van der Waals surface area contributed by atoms with Gasteiger partial charge >= 0.3 is 5.97 Å². The van der Waals surface area contributed by atoms with Crippen LogP contribution in [0.3, 0.4) is 0 Å². The zero-order chi connectivity index (χ0) is 15.2. The van der Waals surface area contributed by atoms with Crippen LogP contribution in [0, 0.1) is 6.92 Å². The van der Waals surface area contributed by atoms with Crippen molar-refractivity contribution in [3.05, 3.63) is 59.4 Å². The molecular formula is C15H13N3O3. The lowest BCUT2D eigenvalue weighted by molar-refractivity contribution is -0.131. The van der Waals surface area contributed by atoms with E-state index in [0.29, 0.717) is 16.8 Å². The average molecular weight is 283 g/mol. The Balaban J connectivity index is 2.21. The molecule has 0 spiro atoms. The lowest BCUT2D eigenvalue weighted by Gasteiger charge is -2.09. The van der Waals surface area contributed by atoms with Gasteiger partial charge in [0.2, 0.25) is 0 Å². The Kier molecular flexibility index (Phi) is 4.40. The zero-order valence-electron chi connectivity index (χ0n) is 11.3. The molecule has 0 aliphatic heterocycles. The van der Waals surface area contributed by atoms with Crippen LogP contribution in [0.5, 0.6) is 0 Å². The number of anilines is 1. The Morgan fingerprint density at radius 1 is 1.24 bits per heavy atom. The van der Waals surface area contributed by atoms with Gasteiger partial charge in [-0.15, -0.1) is 0 Å². The van der Waals surface area contributed by atoms with Crippen molar-refractivity contribution in [1.29, 1.82) is 0 Å². The minimum absolute atomic E-state index is 0.299. The molecule has 1 amide bonds. The van der Waals surface area contributed by atoms with E-state index in [9.17, 15) is 9.59 Å². The summed E-state index contributed by atoms with van der Waals surface area (Å²) in [4.78, 5) is 22.6. The topological polar surface area (TPSA) is 92.2 Å². The van der Waals surface area contributed by atoms with Crippen LogP contribution in [0.15, 0.2) is 42.7 Å². The highest BCUT2D eigenvalue weighted by Crippen LogP contribution is 2.18. The van der Waals surface area contributed by atoms with Gasteiger partial charge in [0.25, 0.3) is 5.91 Å². The maximum atomic E-state index is 12.1. The fourth-order valence-corrected chi connectivity index (χ4v) is 1.66. The molecule has 0 fully saturated rings. The van der Waals surface area contributed by atoms with Gasteiger partial charge in [-0.05, 0) is 36.3 Å². The number of benzene rings is 1. The summed E-state index contributed by atoms with van der Waals surface area (Å²) in [6, 6.07) is 6.85. The summed E-state index contributed by atoms with van der Waals surface area (Å²) in [5, 5.41) is 18.7. The number of hydrogen-bond donors (Lipinski definition) is 2. The molecule has 0 unspecified atom stereocenters. The van der Waals surface area contributed by atoms with E-state index in [1.54, 1.807) is 18.2 Å². The lowest BCUT2D eigenvalue weighted by Crippen LogP contribution is -2.13. The Labute approximate surface area is 121 Å². The quantitative estimate of drug-likeness (QED) is 0.839. The van der Waals surface area contributed by atoms with Gasteiger partial charge in [-0.1, -0.05) is 12.1 Å². The van der Waals surface area contributed by atoms with E-state index in [-0.39, 0.29) is 5.91 Å². The molecule has 1 aromatic carbocycles. The van der Waals surface area contributed by atoms with Crippen molar-refractivity contribution < 1.29 is 14.7 Å². The first-order valence-electron chi connectivity index (χ1n) is 6.16. The smallest absolute Gasteiger partial charge is 0.328 e. The number of carboxylic acid groups (broad SMARTS) is 1. The number of aromatic nitrogens is 2. The fraction of sp³-hybridized carbons (Fsp3) is 0.0667. The second-order valence-corrected chi connectivity index (χ2v) is 4.33. The number of nitrogens with one attached hydrogen (secondary N) is 1. The molecule has 1 aromatic heterocycles.